The number of nitrogens with two attached hydrogens (primary N) is 1. The second-order valence-corrected chi connectivity index (χ2v) is 2.49. The monoisotopic (exact) mass is 162 g/mol. The molecule has 0 unspecified atom stereocenters. The van der Waals surface area contributed by atoms with Gasteiger partial charge in [-0.3, -0.25) is 0 Å². The van der Waals surface area contributed by atoms with E-state index in [-0.39, 0.29) is 0 Å². The number of hydrogen-bond donors (Lipinski definition) is 2. The summed E-state index contributed by atoms with van der Waals surface area (Å²) in [5.41, 5.74) is 8.04. The summed E-state index contributed by atoms with van der Waals surface area (Å²) in [4.78, 5) is 0. The molecule has 0 bridgehead atoms. The Morgan fingerprint density at radius 1 is 1.70 bits per heavy atom. The van der Waals surface area contributed by atoms with Crippen LogP contribution >= 0.6 is 11.6 Å². The van der Waals surface area contributed by atoms with Gasteiger partial charge in [0.05, 0.1) is 0 Å². The SMILES string of the molecule is C/C(=C\Cl)CNCCCN. The minimum atomic E-state index is 0.747. The highest BCUT2D eigenvalue weighted by Crippen LogP contribution is 1.91. The van der Waals surface area contributed by atoms with Crippen LogP contribution in [0.3, 0.4) is 0 Å². The minimum Gasteiger partial charge on any atom is -0.330 e. The van der Waals surface area contributed by atoms with Crippen molar-refractivity contribution < 1.29 is 0 Å². The van der Waals surface area contributed by atoms with Gasteiger partial charge in [0.2, 0.25) is 0 Å². The van der Waals surface area contributed by atoms with Gasteiger partial charge in [-0.25, -0.2) is 0 Å². The maximum absolute atomic E-state index is 5.44. The normalized spacial score (nSPS) is 12.1. The predicted octanol–water partition coefficient (Wildman–Crippen LogP) is 1.07. The molecule has 0 aromatic heterocycles. The van der Waals surface area contributed by atoms with Gasteiger partial charge in [-0.1, -0.05) is 11.6 Å². The van der Waals surface area contributed by atoms with Gasteiger partial charge in [0.15, 0.2) is 0 Å². The first-order valence-electron chi connectivity index (χ1n) is 3.48. The van der Waals surface area contributed by atoms with E-state index in [1.807, 2.05) is 6.92 Å². The lowest BCUT2D eigenvalue weighted by atomic mass is 10.3. The topological polar surface area (TPSA) is 38.0 Å². The fraction of sp³-hybridized carbons (Fsp3) is 0.714. The molecule has 0 aliphatic carbocycles. The molecule has 0 radical (unpaired) electrons. The maximum Gasteiger partial charge on any atom is 0.0173 e. The molecule has 0 aromatic rings. The first-order chi connectivity index (χ1) is 4.81. The summed E-state index contributed by atoms with van der Waals surface area (Å²) in [7, 11) is 0. The Kier molecular flexibility index (Phi) is 7.03. The molecule has 0 aromatic carbocycles. The molecule has 0 aliphatic heterocycles. The van der Waals surface area contributed by atoms with Crippen molar-refractivity contribution >= 4 is 11.6 Å². The zero-order valence-electron chi connectivity index (χ0n) is 6.36. The highest BCUT2D eigenvalue weighted by Gasteiger charge is 1.86. The molecule has 0 aliphatic rings. The average Bonchev–Trinajstić information content (AvgIpc) is 1.98. The van der Waals surface area contributed by atoms with Crippen LogP contribution in [0.2, 0.25) is 0 Å². The van der Waals surface area contributed by atoms with Gasteiger partial charge in [0.1, 0.15) is 0 Å². The second kappa shape index (κ2) is 7.06. The Bertz CT molecular complexity index is 102. The van der Waals surface area contributed by atoms with E-state index < -0.39 is 0 Å². The molecule has 0 saturated carbocycles. The smallest absolute Gasteiger partial charge is 0.0173 e. The lowest BCUT2D eigenvalue weighted by Crippen LogP contribution is -2.19. The molecule has 0 rings (SSSR count). The predicted molar refractivity (Wildman–Crippen MR) is 46.2 cm³/mol. The molecular formula is C7H15ClN2. The van der Waals surface area contributed by atoms with Crippen LogP contribution in [-0.4, -0.2) is 19.6 Å². The summed E-state index contributed by atoms with van der Waals surface area (Å²) in [6.45, 7) is 4.57. The number of rotatable bonds is 5. The van der Waals surface area contributed by atoms with E-state index in [9.17, 15) is 0 Å². The van der Waals surface area contributed by atoms with Gasteiger partial charge < -0.3 is 11.1 Å². The molecule has 10 heavy (non-hydrogen) atoms. The van der Waals surface area contributed by atoms with Crippen molar-refractivity contribution in [2.45, 2.75) is 13.3 Å². The van der Waals surface area contributed by atoms with Gasteiger partial charge in [-0.15, -0.1) is 0 Å². The largest absolute Gasteiger partial charge is 0.330 e. The third-order valence-corrected chi connectivity index (χ3v) is 1.52. The van der Waals surface area contributed by atoms with Crippen molar-refractivity contribution in [1.82, 2.24) is 5.32 Å². The van der Waals surface area contributed by atoms with Gasteiger partial charge in [0.25, 0.3) is 0 Å². The summed E-state index contributed by atoms with van der Waals surface area (Å²) in [5, 5.41) is 3.20. The Labute approximate surface area is 67.4 Å². The molecule has 3 heteroatoms. The van der Waals surface area contributed by atoms with E-state index in [1.165, 1.54) is 0 Å². The molecule has 0 saturated heterocycles. The first-order valence-corrected chi connectivity index (χ1v) is 3.91. The van der Waals surface area contributed by atoms with Crippen molar-refractivity contribution in [2.75, 3.05) is 19.6 Å². The van der Waals surface area contributed by atoms with Gasteiger partial charge >= 0.3 is 0 Å². The van der Waals surface area contributed by atoms with Crippen molar-refractivity contribution in [3.05, 3.63) is 11.1 Å². The number of nitrogens with one attached hydrogen (secondary N) is 1. The first kappa shape index (κ1) is 9.95. The van der Waals surface area contributed by atoms with E-state index in [0.29, 0.717) is 0 Å². The summed E-state index contributed by atoms with van der Waals surface area (Å²) < 4.78 is 0. The summed E-state index contributed by atoms with van der Waals surface area (Å²) in [6.07, 6.45) is 1.02. The van der Waals surface area contributed by atoms with E-state index in [2.05, 4.69) is 5.32 Å². The lowest BCUT2D eigenvalue weighted by Gasteiger charge is -2.01. The molecule has 0 atom stereocenters. The third-order valence-electron chi connectivity index (χ3n) is 1.15. The fourth-order valence-corrected chi connectivity index (χ4v) is 0.628. The molecular weight excluding hydrogens is 148 g/mol. The summed E-state index contributed by atoms with van der Waals surface area (Å²) in [6, 6.07) is 0. The van der Waals surface area contributed by atoms with E-state index in [4.69, 9.17) is 17.3 Å². The zero-order valence-corrected chi connectivity index (χ0v) is 7.12. The van der Waals surface area contributed by atoms with Crippen LogP contribution < -0.4 is 11.1 Å². The van der Waals surface area contributed by atoms with Crippen LogP contribution in [0, 0.1) is 0 Å². The van der Waals surface area contributed by atoms with E-state index in [1.54, 1.807) is 5.54 Å². The second-order valence-electron chi connectivity index (χ2n) is 2.27. The van der Waals surface area contributed by atoms with Crippen LogP contribution in [0.4, 0.5) is 0 Å². The average molecular weight is 163 g/mol. The van der Waals surface area contributed by atoms with Crippen LogP contribution in [0.25, 0.3) is 0 Å². The van der Waals surface area contributed by atoms with E-state index >= 15 is 0 Å². The third kappa shape index (κ3) is 6.08. The standard InChI is InChI=1S/C7H15ClN2/c1-7(5-8)6-10-4-2-3-9/h5,10H,2-4,6,9H2,1H3/b7-5+. The lowest BCUT2D eigenvalue weighted by molar-refractivity contribution is 0.688. The van der Waals surface area contributed by atoms with Gasteiger partial charge in [-0.2, -0.15) is 0 Å². The molecule has 60 valence electrons. The van der Waals surface area contributed by atoms with Crippen molar-refractivity contribution in [3.63, 3.8) is 0 Å². The molecule has 2 nitrogen and oxygen atoms in total. The van der Waals surface area contributed by atoms with Gasteiger partial charge in [-0.05, 0) is 32.0 Å². The minimum absolute atomic E-state index is 0.747. The van der Waals surface area contributed by atoms with Crippen molar-refractivity contribution in [2.24, 2.45) is 5.73 Å². The fourth-order valence-electron chi connectivity index (χ4n) is 0.551. The zero-order chi connectivity index (χ0) is 7.82. The van der Waals surface area contributed by atoms with Crippen molar-refractivity contribution in [3.8, 4) is 0 Å². The van der Waals surface area contributed by atoms with E-state index in [0.717, 1.165) is 31.6 Å². The van der Waals surface area contributed by atoms with Crippen LogP contribution in [0.5, 0.6) is 0 Å². The number of hydrogen-bond acceptors (Lipinski definition) is 2. The number of halogens is 1. The highest BCUT2D eigenvalue weighted by molar-refractivity contribution is 6.25. The van der Waals surface area contributed by atoms with Crippen LogP contribution in [0.1, 0.15) is 13.3 Å². The Hall–Kier alpha value is -0.0500. The van der Waals surface area contributed by atoms with Crippen molar-refractivity contribution in [1.29, 1.82) is 0 Å². The van der Waals surface area contributed by atoms with Gasteiger partial charge in [0, 0.05) is 12.1 Å². The highest BCUT2D eigenvalue weighted by atomic mass is 35.5. The molecule has 0 spiro atoms. The Morgan fingerprint density at radius 3 is 2.90 bits per heavy atom. The summed E-state index contributed by atoms with van der Waals surface area (Å²) >= 11 is 5.44. The quantitative estimate of drug-likeness (QED) is 0.594. The Morgan fingerprint density at radius 2 is 2.40 bits per heavy atom. The molecule has 0 amide bonds. The van der Waals surface area contributed by atoms with Crippen LogP contribution in [0.15, 0.2) is 11.1 Å². The van der Waals surface area contributed by atoms with Crippen LogP contribution in [-0.2, 0) is 0 Å². The molecule has 0 fully saturated rings. The molecule has 3 N–H and O–H groups in total. The molecule has 0 heterocycles. The maximum atomic E-state index is 5.44. The summed E-state index contributed by atoms with van der Waals surface area (Å²) in [5.74, 6) is 0. The Balaban J connectivity index is 3.04.